The van der Waals surface area contributed by atoms with Gasteiger partial charge in [0.2, 0.25) is 0 Å². The smallest absolute Gasteiger partial charge is 0.119 e. The van der Waals surface area contributed by atoms with Crippen molar-refractivity contribution in [2.45, 2.75) is 32.4 Å². The maximum Gasteiger partial charge on any atom is 0.119 e. The molecule has 1 N–H and O–H groups in total. The van der Waals surface area contributed by atoms with Crippen molar-refractivity contribution in [3.8, 4) is 5.75 Å². The van der Waals surface area contributed by atoms with Gasteiger partial charge in [-0.1, -0.05) is 15.9 Å². The lowest BCUT2D eigenvalue weighted by Crippen LogP contribution is -2.15. The van der Waals surface area contributed by atoms with Gasteiger partial charge in [0.15, 0.2) is 0 Å². The average molecular weight is 270 g/mol. The van der Waals surface area contributed by atoms with E-state index < -0.39 is 0 Å². The largest absolute Gasteiger partial charge is 0.494 e. The Labute approximate surface area is 99.1 Å². The van der Waals surface area contributed by atoms with Crippen molar-refractivity contribution in [1.29, 1.82) is 0 Å². The average Bonchev–Trinajstić information content (AvgIpc) is 3.03. The normalized spacial score (nSPS) is 15.3. The molecule has 0 bridgehead atoms. The summed E-state index contributed by atoms with van der Waals surface area (Å²) >= 11 is 3.56. The Morgan fingerprint density at radius 3 is 2.93 bits per heavy atom. The first-order valence-electron chi connectivity index (χ1n) is 5.44. The SMILES string of the molecule is CCOc1ccc(Br)c(CNC2CC2)c1. The van der Waals surface area contributed by atoms with Gasteiger partial charge in [0.25, 0.3) is 0 Å². The Hall–Kier alpha value is -0.540. The van der Waals surface area contributed by atoms with Crippen molar-refractivity contribution in [3.05, 3.63) is 28.2 Å². The van der Waals surface area contributed by atoms with E-state index in [9.17, 15) is 0 Å². The van der Waals surface area contributed by atoms with Gasteiger partial charge in [0.1, 0.15) is 5.75 Å². The molecule has 1 aliphatic carbocycles. The molecule has 0 unspecified atom stereocenters. The Bertz CT molecular complexity index is 336. The number of hydrogen-bond acceptors (Lipinski definition) is 2. The van der Waals surface area contributed by atoms with Crippen LogP contribution >= 0.6 is 15.9 Å². The summed E-state index contributed by atoms with van der Waals surface area (Å²) in [7, 11) is 0. The van der Waals surface area contributed by atoms with Crippen LogP contribution in [0.25, 0.3) is 0 Å². The predicted molar refractivity (Wildman–Crippen MR) is 65.2 cm³/mol. The number of hydrogen-bond donors (Lipinski definition) is 1. The van der Waals surface area contributed by atoms with E-state index in [-0.39, 0.29) is 0 Å². The first-order chi connectivity index (χ1) is 7.29. The number of ether oxygens (including phenoxy) is 1. The maximum atomic E-state index is 5.48. The Balaban J connectivity index is 2.01. The van der Waals surface area contributed by atoms with Crippen molar-refractivity contribution in [2.24, 2.45) is 0 Å². The summed E-state index contributed by atoms with van der Waals surface area (Å²) in [6.07, 6.45) is 2.64. The third-order valence-corrected chi connectivity index (χ3v) is 3.26. The molecule has 82 valence electrons. The fourth-order valence-corrected chi connectivity index (χ4v) is 1.87. The van der Waals surface area contributed by atoms with E-state index in [1.54, 1.807) is 0 Å². The molecule has 15 heavy (non-hydrogen) atoms. The summed E-state index contributed by atoms with van der Waals surface area (Å²) in [5, 5.41) is 3.50. The van der Waals surface area contributed by atoms with Crippen LogP contribution in [0.4, 0.5) is 0 Å². The van der Waals surface area contributed by atoms with E-state index in [4.69, 9.17) is 4.74 Å². The van der Waals surface area contributed by atoms with Gasteiger partial charge in [0, 0.05) is 17.1 Å². The van der Waals surface area contributed by atoms with Gasteiger partial charge in [-0.15, -0.1) is 0 Å². The standard InChI is InChI=1S/C12H16BrNO/c1-2-15-11-5-6-12(13)9(7-11)8-14-10-3-4-10/h5-7,10,14H,2-4,8H2,1H3. The maximum absolute atomic E-state index is 5.48. The topological polar surface area (TPSA) is 21.3 Å². The lowest BCUT2D eigenvalue weighted by atomic mass is 10.2. The molecule has 0 aromatic heterocycles. The molecule has 1 aromatic rings. The van der Waals surface area contributed by atoms with Gasteiger partial charge in [-0.05, 0) is 43.5 Å². The van der Waals surface area contributed by atoms with E-state index in [0.717, 1.165) is 29.4 Å². The number of benzene rings is 1. The van der Waals surface area contributed by atoms with Crippen LogP contribution < -0.4 is 10.1 Å². The molecule has 1 aliphatic rings. The van der Waals surface area contributed by atoms with Gasteiger partial charge >= 0.3 is 0 Å². The molecule has 0 aliphatic heterocycles. The van der Waals surface area contributed by atoms with Gasteiger partial charge in [-0.25, -0.2) is 0 Å². The molecule has 1 fully saturated rings. The van der Waals surface area contributed by atoms with Crippen LogP contribution in [0.3, 0.4) is 0 Å². The zero-order valence-corrected chi connectivity index (χ0v) is 10.5. The van der Waals surface area contributed by atoms with Crippen LogP contribution in [-0.4, -0.2) is 12.6 Å². The number of halogens is 1. The van der Waals surface area contributed by atoms with Crippen molar-refractivity contribution >= 4 is 15.9 Å². The molecule has 0 atom stereocenters. The Morgan fingerprint density at radius 2 is 2.27 bits per heavy atom. The number of rotatable bonds is 5. The summed E-state index contributed by atoms with van der Waals surface area (Å²) in [6, 6.07) is 6.89. The van der Waals surface area contributed by atoms with E-state index >= 15 is 0 Å². The summed E-state index contributed by atoms with van der Waals surface area (Å²) in [6.45, 7) is 3.65. The highest BCUT2D eigenvalue weighted by Crippen LogP contribution is 2.24. The summed E-state index contributed by atoms with van der Waals surface area (Å²) in [5.41, 5.74) is 1.27. The molecule has 0 saturated heterocycles. The monoisotopic (exact) mass is 269 g/mol. The number of nitrogens with one attached hydrogen (secondary N) is 1. The van der Waals surface area contributed by atoms with Crippen LogP contribution in [0, 0.1) is 0 Å². The fourth-order valence-electron chi connectivity index (χ4n) is 1.48. The van der Waals surface area contributed by atoms with Crippen LogP contribution in [0.5, 0.6) is 5.75 Å². The van der Waals surface area contributed by atoms with Crippen LogP contribution in [0.2, 0.25) is 0 Å². The second kappa shape index (κ2) is 4.99. The van der Waals surface area contributed by atoms with Gasteiger partial charge < -0.3 is 10.1 Å². The van der Waals surface area contributed by atoms with E-state index in [1.807, 2.05) is 13.0 Å². The third-order valence-electron chi connectivity index (χ3n) is 2.49. The van der Waals surface area contributed by atoms with Gasteiger partial charge in [-0.2, -0.15) is 0 Å². The molecule has 3 heteroatoms. The summed E-state index contributed by atoms with van der Waals surface area (Å²) < 4.78 is 6.63. The molecule has 0 amide bonds. The molecular weight excluding hydrogens is 254 g/mol. The molecule has 1 aromatic carbocycles. The summed E-state index contributed by atoms with van der Waals surface area (Å²) in [4.78, 5) is 0. The molecule has 1 saturated carbocycles. The van der Waals surface area contributed by atoms with E-state index in [1.165, 1.54) is 18.4 Å². The van der Waals surface area contributed by atoms with Crippen LogP contribution in [0.1, 0.15) is 25.3 Å². The molecule has 0 heterocycles. The first-order valence-corrected chi connectivity index (χ1v) is 6.23. The highest BCUT2D eigenvalue weighted by molar-refractivity contribution is 9.10. The second-order valence-corrected chi connectivity index (χ2v) is 4.70. The van der Waals surface area contributed by atoms with Crippen molar-refractivity contribution < 1.29 is 4.74 Å². The lowest BCUT2D eigenvalue weighted by Gasteiger charge is -2.09. The minimum atomic E-state index is 0.719. The molecule has 0 spiro atoms. The minimum Gasteiger partial charge on any atom is -0.494 e. The quantitative estimate of drug-likeness (QED) is 0.887. The zero-order chi connectivity index (χ0) is 10.7. The van der Waals surface area contributed by atoms with Crippen molar-refractivity contribution in [3.63, 3.8) is 0 Å². The summed E-state index contributed by atoms with van der Waals surface area (Å²) in [5.74, 6) is 0.952. The predicted octanol–water partition coefficient (Wildman–Crippen LogP) is 3.10. The van der Waals surface area contributed by atoms with Gasteiger partial charge in [0.05, 0.1) is 6.61 Å². The first kappa shape index (κ1) is 11.0. The van der Waals surface area contributed by atoms with Crippen molar-refractivity contribution in [2.75, 3.05) is 6.61 Å². The molecule has 2 nitrogen and oxygen atoms in total. The Kier molecular flexibility index (Phi) is 3.65. The lowest BCUT2D eigenvalue weighted by molar-refractivity contribution is 0.339. The van der Waals surface area contributed by atoms with Gasteiger partial charge in [-0.3, -0.25) is 0 Å². The second-order valence-electron chi connectivity index (χ2n) is 3.84. The minimum absolute atomic E-state index is 0.719. The highest BCUT2D eigenvalue weighted by atomic mass is 79.9. The van der Waals surface area contributed by atoms with Crippen LogP contribution in [-0.2, 0) is 6.54 Å². The highest BCUT2D eigenvalue weighted by Gasteiger charge is 2.20. The molecular formula is C12H16BrNO. The third kappa shape index (κ3) is 3.21. The fraction of sp³-hybridized carbons (Fsp3) is 0.500. The zero-order valence-electron chi connectivity index (χ0n) is 8.92. The van der Waals surface area contributed by atoms with E-state index in [2.05, 4.69) is 33.4 Å². The van der Waals surface area contributed by atoms with E-state index in [0.29, 0.717) is 0 Å². The molecule has 2 rings (SSSR count). The molecule has 0 radical (unpaired) electrons. The Morgan fingerprint density at radius 1 is 1.47 bits per heavy atom. The van der Waals surface area contributed by atoms with Crippen molar-refractivity contribution in [1.82, 2.24) is 5.32 Å². The van der Waals surface area contributed by atoms with Crippen LogP contribution in [0.15, 0.2) is 22.7 Å².